The van der Waals surface area contributed by atoms with Gasteiger partial charge in [-0.3, -0.25) is 0 Å². The van der Waals surface area contributed by atoms with E-state index in [0.29, 0.717) is 36.8 Å². The second-order valence-electron chi connectivity index (χ2n) is 5.25. The van der Waals surface area contributed by atoms with Crippen molar-refractivity contribution in [3.8, 4) is 0 Å². The molecule has 3 N–H and O–H groups in total. The first kappa shape index (κ1) is 15.7. The topological polar surface area (TPSA) is 73.1 Å². The number of rotatable bonds is 8. The van der Waals surface area contributed by atoms with Gasteiger partial charge in [-0.25, -0.2) is 9.97 Å². The van der Waals surface area contributed by atoms with Crippen LogP contribution in [0.25, 0.3) is 0 Å². The van der Waals surface area contributed by atoms with E-state index < -0.39 is 0 Å². The minimum atomic E-state index is 0.372. The number of nitrogens with one attached hydrogen (secondary N) is 1. The maximum Gasteiger partial charge on any atom is 0.158 e. The van der Waals surface area contributed by atoms with E-state index in [4.69, 9.17) is 10.5 Å². The molecule has 1 aromatic heterocycles. The van der Waals surface area contributed by atoms with Crippen LogP contribution in [0, 0.1) is 5.92 Å². The van der Waals surface area contributed by atoms with Crippen LogP contribution >= 0.6 is 0 Å². The lowest BCUT2D eigenvalue weighted by Crippen LogP contribution is -2.18. The van der Waals surface area contributed by atoms with E-state index in [1.54, 1.807) is 6.07 Å². The average Bonchev–Trinajstić information content (AvgIpc) is 2.33. The Morgan fingerprint density at radius 2 is 2.00 bits per heavy atom. The van der Waals surface area contributed by atoms with Crippen molar-refractivity contribution in [1.29, 1.82) is 0 Å². The highest BCUT2D eigenvalue weighted by Gasteiger charge is 2.07. The SMILES string of the molecule is CCOCc1nc(N)cc(NC(C)CCC(C)C)n1. The Balaban J connectivity index is 2.59. The molecule has 0 spiro atoms. The Hall–Kier alpha value is -1.36. The zero-order valence-electron chi connectivity index (χ0n) is 12.4. The van der Waals surface area contributed by atoms with Crippen LogP contribution in [0.15, 0.2) is 6.07 Å². The molecule has 0 saturated heterocycles. The number of anilines is 2. The number of hydrogen-bond acceptors (Lipinski definition) is 5. The van der Waals surface area contributed by atoms with Crippen LogP contribution in [0.5, 0.6) is 0 Å². The molecule has 0 aliphatic heterocycles. The molecule has 0 radical (unpaired) electrons. The molecule has 1 atom stereocenters. The number of nitrogens with two attached hydrogens (primary N) is 1. The molecule has 1 rings (SSSR count). The molecule has 0 aromatic carbocycles. The van der Waals surface area contributed by atoms with Gasteiger partial charge in [0.1, 0.15) is 18.2 Å². The summed E-state index contributed by atoms with van der Waals surface area (Å²) in [5.74, 6) is 2.59. The highest BCUT2D eigenvalue weighted by Crippen LogP contribution is 2.14. The van der Waals surface area contributed by atoms with E-state index in [9.17, 15) is 0 Å². The summed E-state index contributed by atoms with van der Waals surface area (Å²) in [6, 6.07) is 2.14. The number of nitrogens with zero attached hydrogens (tertiary/aromatic N) is 2. The van der Waals surface area contributed by atoms with Crippen LogP contribution in [-0.2, 0) is 11.3 Å². The lowest BCUT2D eigenvalue weighted by molar-refractivity contribution is 0.128. The second-order valence-corrected chi connectivity index (χ2v) is 5.25. The standard InChI is InChI=1S/C14H26N4O/c1-5-19-9-14-17-12(15)8-13(18-14)16-11(4)7-6-10(2)3/h8,10-11H,5-7,9H2,1-4H3,(H3,15,16,17,18). The van der Waals surface area contributed by atoms with Crippen molar-refractivity contribution in [3.63, 3.8) is 0 Å². The summed E-state index contributed by atoms with van der Waals surface area (Å²) in [4.78, 5) is 8.57. The van der Waals surface area contributed by atoms with Crippen molar-refractivity contribution in [2.45, 2.75) is 53.2 Å². The first-order chi connectivity index (χ1) is 9.01. The van der Waals surface area contributed by atoms with Crippen molar-refractivity contribution in [2.75, 3.05) is 17.7 Å². The fraction of sp³-hybridized carbons (Fsp3) is 0.714. The Bertz CT molecular complexity index is 382. The van der Waals surface area contributed by atoms with Crippen LogP contribution in [0.4, 0.5) is 11.6 Å². The second kappa shape index (κ2) is 7.94. The van der Waals surface area contributed by atoms with Gasteiger partial charge in [-0.05, 0) is 32.6 Å². The van der Waals surface area contributed by atoms with E-state index in [1.165, 1.54) is 6.42 Å². The van der Waals surface area contributed by atoms with Gasteiger partial charge >= 0.3 is 0 Å². The van der Waals surface area contributed by atoms with Gasteiger partial charge in [0.25, 0.3) is 0 Å². The first-order valence-electron chi connectivity index (χ1n) is 6.99. The minimum absolute atomic E-state index is 0.372. The largest absolute Gasteiger partial charge is 0.384 e. The van der Waals surface area contributed by atoms with E-state index in [1.807, 2.05) is 6.92 Å². The molecule has 0 aliphatic rings. The molecule has 19 heavy (non-hydrogen) atoms. The summed E-state index contributed by atoms with van der Waals surface area (Å²) >= 11 is 0. The quantitative estimate of drug-likeness (QED) is 0.757. The molecule has 5 heteroatoms. The molecule has 0 saturated carbocycles. The third-order valence-electron chi connectivity index (χ3n) is 2.80. The molecule has 108 valence electrons. The van der Waals surface area contributed by atoms with E-state index >= 15 is 0 Å². The molecule has 1 unspecified atom stereocenters. The Morgan fingerprint density at radius 1 is 1.26 bits per heavy atom. The summed E-state index contributed by atoms with van der Waals surface area (Å²) in [5, 5.41) is 3.37. The van der Waals surface area contributed by atoms with Gasteiger partial charge in [-0.15, -0.1) is 0 Å². The van der Waals surface area contributed by atoms with Crippen molar-refractivity contribution in [3.05, 3.63) is 11.9 Å². The highest BCUT2D eigenvalue weighted by molar-refractivity contribution is 5.45. The highest BCUT2D eigenvalue weighted by atomic mass is 16.5. The molecule has 0 aliphatic carbocycles. The van der Waals surface area contributed by atoms with Gasteiger partial charge in [0.05, 0.1) is 0 Å². The summed E-state index contributed by atoms with van der Waals surface area (Å²) in [5.41, 5.74) is 5.78. The van der Waals surface area contributed by atoms with Gasteiger partial charge in [0.2, 0.25) is 0 Å². The maximum atomic E-state index is 5.78. The maximum absolute atomic E-state index is 5.78. The van der Waals surface area contributed by atoms with Crippen LogP contribution < -0.4 is 11.1 Å². The molecular formula is C14H26N4O. The zero-order chi connectivity index (χ0) is 14.3. The van der Waals surface area contributed by atoms with Crippen LogP contribution in [0.2, 0.25) is 0 Å². The van der Waals surface area contributed by atoms with Crippen molar-refractivity contribution >= 4 is 11.6 Å². The molecule has 1 heterocycles. The van der Waals surface area contributed by atoms with Gasteiger partial charge in [0.15, 0.2) is 5.82 Å². The molecule has 0 bridgehead atoms. The van der Waals surface area contributed by atoms with E-state index in [-0.39, 0.29) is 0 Å². The summed E-state index contributed by atoms with van der Waals surface area (Å²) in [6.07, 6.45) is 2.31. The van der Waals surface area contributed by atoms with Gasteiger partial charge in [0, 0.05) is 18.7 Å². The fourth-order valence-electron chi connectivity index (χ4n) is 1.76. The first-order valence-corrected chi connectivity index (χ1v) is 6.99. The van der Waals surface area contributed by atoms with Crippen molar-refractivity contribution < 1.29 is 4.74 Å². The molecule has 1 aromatic rings. The summed E-state index contributed by atoms with van der Waals surface area (Å²) in [6.45, 7) is 9.61. The summed E-state index contributed by atoms with van der Waals surface area (Å²) < 4.78 is 5.31. The van der Waals surface area contributed by atoms with Gasteiger partial charge in [-0.2, -0.15) is 0 Å². The molecule has 0 fully saturated rings. The van der Waals surface area contributed by atoms with Gasteiger partial charge < -0.3 is 15.8 Å². The molecule has 0 amide bonds. The lowest BCUT2D eigenvalue weighted by atomic mass is 10.0. The zero-order valence-corrected chi connectivity index (χ0v) is 12.4. The fourth-order valence-corrected chi connectivity index (χ4v) is 1.76. The van der Waals surface area contributed by atoms with Crippen LogP contribution in [0.3, 0.4) is 0 Å². The number of hydrogen-bond donors (Lipinski definition) is 2. The Morgan fingerprint density at radius 3 is 2.63 bits per heavy atom. The molecular weight excluding hydrogens is 240 g/mol. The normalized spacial score (nSPS) is 12.7. The monoisotopic (exact) mass is 266 g/mol. The van der Waals surface area contributed by atoms with Crippen LogP contribution in [0.1, 0.15) is 46.4 Å². The Kier molecular flexibility index (Phi) is 6.56. The number of aromatic nitrogens is 2. The Labute approximate surface area is 116 Å². The van der Waals surface area contributed by atoms with Crippen molar-refractivity contribution in [1.82, 2.24) is 9.97 Å². The average molecular weight is 266 g/mol. The van der Waals surface area contributed by atoms with Gasteiger partial charge in [-0.1, -0.05) is 13.8 Å². The minimum Gasteiger partial charge on any atom is -0.384 e. The smallest absolute Gasteiger partial charge is 0.158 e. The third kappa shape index (κ3) is 6.38. The van der Waals surface area contributed by atoms with Crippen LogP contribution in [-0.4, -0.2) is 22.6 Å². The predicted octanol–water partition coefficient (Wildman–Crippen LogP) is 2.83. The molecule has 5 nitrogen and oxygen atoms in total. The predicted molar refractivity (Wildman–Crippen MR) is 78.9 cm³/mol. The third-order valence-corrected chi connectivity index (χ3v) is 2.80. The van der Waals surface area contributed by atoms with Crippen molar-refractivity contribution in [2.24, 2.45) is 5.92 Å². The summed E-state index contributed by atoms with van der Waals surface area (Å²) in [7, 11) is 0. The number of nitrogen functional groups attached to an aromatic ring is 1. The lowest BCUT2D eigenvalue weighted by Gasteiger charge is -2.16. The van der Waals surface area contributed by atoms with E-state index in [0.717, 1.165) is 12.2 Å². The number of ether oxygens (including phenoxy) is 1. The van der Waals surface area contributed by atoms with E-state index in [2.05, 4.69) is 36.1 Å².